The van der Waals surface area contributed by atoms with E-state index in [1.165, 1.54) is 12.1 Å². The Labute approximate surface area is 112 Å². The molecule has 1 rings (SSSR count). The van der Waals surface area contributed by atoms with E-state index in [1.807, 2.05) is 13.8 Å². The Balaban J connectivity index is 3.18. The van der Waals surface area contributed by atoms with Crippen molar-refractivity contribution in [3.8, 4) is 0 Å². The van der Waals surface area contributed by atoms with E-state index in [9.17, 15) is 4.39 Å². The van der Waals surface area contributed by atoms with Crippen LogP contribution >= 0.6 is 23.2 Å². The van der Waals surface area contributed by atoms with Crippen LogP contribution in [-0.4, -0.2) is 0 Å². The molecule has 2 atom stereocenters. The molecule has 0 fully saturated rings. The van der Waals surface area contributed by atoms with E-state index in [-0.39, 0.29) is 10.9 Å². The fraction of sp³-hybridized carbons (Fsp3) is 0.538. The number of rotatable bonds is 4. The molecule has 4 heteroatoms. The van der Waals surface area contributed by atoms with Crippen LogP contribution in [0.1, 0.15) is 39.2 Å². The largest absolute Gasteiger partial charge is 0.321 e. The van der Waals surface area contributed by atoms with Gasteiger partial charge in [0.05, 0.1) is 5.02 Å². The van der Waals surface area contributed by atoms with Gasteiger partial charge in [-0.2, -0.15) is 0 Å². The van der Waals surface area contributed by atoms with Crippen LogP contribution in [0.25, 0.3) is 0 Å². The van der Waals surface area contributed by atoms with Gasteiger partial charge >= 0.3 is 0 Å². The molecule has 0 aliphatic carbocycles. The normalized spacial score (nSPS) is 16.6. The Morgan fingerprint density at radius 3 is 2.47 bits per heavy atom. The predicted molar refractivity (Wildman–Crippen MR) is 72.0 cm³/mol. The van der Waals surface area contributed by atoms with E-state index in [0.717, 1.165) is 12.8 Å². The average molecular weight is 278 g/mol. The molecule has 1 aromatic rings. The molecule has 0 saturated carbocycles. The molecule has 0 bridgehead atoms. The molecule has 0 amide bonds. The van der Waals surface area contributed by atoms with E-state index in [1.54, 1.807) is 0 Å². The molecule has 0 spiro atoms. The zero-order valence-electron chi connectivity index (χ0n) is 10.4. The predicted octanol–water partition coefficient (Wildman–Crippen LogP) is 4.74. The second kappa shape index (κ2) is 5.55. The molecular weight excluding hydrogens is 260 g/mol. The molecule has 1 nitrogen and oxygen atoms in total. The molecule has 0 heterocycles. The number of halogens is 3. The quantitative estimate of drug-likeness (QED) is 0.791. The molecule has 0 aromatic heterocycles. The first kappa shape index (κ1) is 14.7. The zero-order valence-corrected chi connectivity index (χ0v) is 11.9. The van der Waals surface area contributed by atoms with Gasteiger partial charge in [0.25, 0.3) is 0 Å². The number of benzene rings is 1. The van der Waals surface area contributed by atoms with Gasteiger partial charge in [0.2, 0.25) is 0 Å². The first-order valence-corrected chi connectivity index (χ1v) is 6.50. The Bertz CT molecular complexity index is 405. The lowest BCUT2D eigenvalue weighted by Crippen LogP contribution is -2.40. The van der Waals surface area contributed by atoms with Gasteiger partial charge in [0, 0.05) is 10.6 Å². The second-order valence-corrected chi connectivity index (χ2v) is 5.53. The topological polar surface area (TPSA) is 26.0 Å². The Kier molecular flexibility index (Phi) is 4.82. The summed E-state index contributed by atoms with van der Waals surface area (Å²) in [5.74, 6) is -0.267. The smallest absolute Gasteiger partial charge is 0.142 e. The summed E-state index contributed by atoms with van der Waals surface area (Å²) in [6.07, 6.45) is 2.00. The molecule has 0 aliphatic rings. The Morgan fingerprint density at radius 2 is 1.94 bits per heavy atom. The van der Waals surface area contributed by atoms with Crippen molar-refractivity contribution in [2.75, 3.05) is 0 Å². The summed E-state index contributed by atoms with van der Waals surface area (Å²) in [7, 11) is 0. The van der Waals surface area contributed by atoms with E-state index in [0.29, 0.717) is 10.6 Å². The average Bonchev–Trinajstić information content (AvgIpc) is 2.23. The third kappa shape index (κ3) is 3.12. The highest BCUT2D eigenvalue weighted by Crippen LogP contribution is 2.36. The van der Waals surface area contributed by atoms with Crippen molar-refractivity contribution in [2.24, 2.45) is 11.7 Å². The summed E-state index contributed by atoms with van der Waals surface area (Å²) < 4.78 is 13.5. The van der Waals surface area contributed by atoms with Crippen LogP contribution in [0.5, 0.6) is 0 Å². The van der Waals surface area contributed by atoms with Crippen LogP contribution in [0, 0.1) is 11.7 Å². The van der Waals surface area contributed by atoms with Gasteiger partial charge in [0.1, 0.15) is 5.82 Å². The van der Waals surface area contributed by atoms with Crippen molar-refractivity contribution in [3.05, 3.63) is 33.6 Å². The van der Waals surface area contributed by atoms with Gasteiger partial charge in [0.15, 0.2) is 0 Å². The second-order valence-electron chi connectivity index (χ2n) is 4.72. The summed E-state index contributed by atoms with van der Waals surface area (Å²) in [4.78, 5) is 0. The van der Waals surface area contributed by atoms with Gasteiger partial charge in [-0.15, -0.1) is 0 Å². The van der Waals surface area contributed by atoms with E-state index in [4.69, 9.17) is 28.9 Å². The van der Waals surface area contributed by atoms with E-state index in [2.05, 4.69) is 6.92 Å². The van der Waals surface area contributed by atoms with Crippen molar-refractivity contribution in [2.45, 2.75) is 39.2 Å². The van der Waals surface area contributed by atoms with Crippen LogP contribution in [0.2, 0.25) is 10.0 Å². The molecule has 2 unspecified atom stereocenters. The van der Waals surface area contributed by atoms with E-state index < -0.39 is 11.4 Å². The summed E-state index contributed by atoms with van der Waals surface area (Å²) in [6, 6.07) is 2.76. The molecule has 96 valence electrons. The minimum absolute atomic E-state index is 0.0256. The molecule has 0 saturated heterocycles. The van der Waals surface area contributed by atoms with Gasteiger partial charge in [-0.3, -0.25) is 0 Å². The van der Waals surface area contributed by atoms with Crippen LogP contribution in [-0.2, 0) is 5.54 Å². The molecule has 1 aromatic carbocycles. The maximum Gasteiger partial charge on any atom is 0.142 e. The molecule has 2 N–H and O–H groups in total. The Hall–Kier alpha value is -0.310. The minimum atomic E-state index is -0.654. The standard InChI is InChI=1S/C13H18Cl2FN/c1-4-5-8(2)13(3,17)9-6-12(16)11(15)7-10(9)14/h6-8H,4-5,17H2,1-3H3. The third-order valence-electron chi connectivity index (χ3n) is 3.34. The summed E-state index contributed by atoms with van der Waals surface area (Å²) >= 11 is 11.8. The monoisotopic (exact) mass is 277 g/mol. The van der Waals surface area contributed by atoms with E-state index >= 15 is 0 Å². The first-order valence-electron chi connectivity index (χ1n) is 5.74. The molecule has 17 heavy (non-hydrogen) atoms. The van der Waals surface area contributed by atoms with Crippen LogP contribution in [0.15, 0.2) is 12.1 Å². The highest BCUT2D eigenvalue weighted by Gasteiger charge is 2.30. The van der Waals surface area contributed by atoms with Crippen molar-refractivity contribution < 1.29 is 4.39 Å². The lowest BCUT2D eigenvalue weighted by molar-refractivity contribution is 0.303. The summed E-state index contributed by atoms with van der Waals surface area (Å²) in [6.45, 7) is 6.02. The van der Waals surface area contributed by atoms with Crippen molar-refractivity contribution >= 4 is 23.2 Å². The summed E-state index contributed by atoms with van der Waals surface area (Å²) in [5, 5.41) is 0.446. The highest BCUT2D eigenvalue weighted by atomic mass is 35.5. The van der Waals surface area contributed by atoms with Gasteiger partial charge in [-0.1, -0.05) is 43.5 Å². The molecular formula is C13H18Cl2FN. The number of hydrogen-bond donors (Lipinski definition) is 1. The number of hydrogen-bond acceptors (Lipinski definition) is 1. The maximum absolute atomic E-state index is 13.5. The SMILES string of the molecule is CCCC(C)C(C)(N)c1cc(F)c(Cl)cc1Cl. The van der Waals surface area contributed by atoms with Crippen molar-refractivity contribution in [1.82, 2.24) is 0 Å². The lowest BCUT2D eigenvalue weighted by atomic mass is 9.79. The third-order valence-corrected chi connectivity index (χ3v) is 3.94. The first-order chi connectivity index (χ1) is 7.80. The number of nitrogens with two attached hydrogens (primary N) is 1. The highest BCUT2D eigenvalue weighted by molar-refractivity contribution is 6.35. The van der Waals surface area contributed by atoms with Crippen molar-refractivity contribution in [1.29, 1.82) is 0 Å². The molecule has 0 aliphatic heterocycles. The minimum Gasteiger partial charge on any atom is -0.321 e. The summed E-state index contributed by atoms with van der Waals surface area (Å²) in [5.41, 5.74) is 6.25. The fourth-order valence-corrected chi connectivity index (χ4v) is 2.52. The van der Waals surface area contributed by atoms with Gasteiger partial charge in [-0.05, 0) is 37.0 Å². The lowest BCUT2D eigenvalue weighted by Gasteiger charge is -2.33. The zero-order chi connectivity index (χ0) is 13.2. The fourth-order valence-electron chi connectivity index (χ4n) is 1.93. The van der Waals surface area contributed by atoms with Gasteiger partial charge < -0.3 is 5.73 Å². The van der Waals surface area contributed by atoms with Crippen molar-refractivity contribution in [3.63, 3.8) is 0 Å². The molecule has 0 radical (unpaired) electrons. The van der Waals surface area contributed by atoms with Crippen LogP contribution in [0.4, 0.5) is 4.39 Å². The van der Waals surface area contributed by atoms with Crippen LogP contribution in [0.3, 0.4) is 0 Å². The Morgan fingerprint density at radius 1 is 1.35 bits per heavy atom. The van der Waals surface area contributed by atoms with Gasteiger partial charge in [-0.25, -0.2) is 4.39 Å². The van der Waals surface area contributed by atoms with Crippen LogP contribution < -0.4 is 5.73 Å². The maximum atomic E-state index is 13.5.